The fraction of sp³-hybridized carbons (Fsp3) is 0.391. The molecule has 0 spiro atoms. The summed E-state index contributed by atoms with van der Waals surface area (Å²) in [5, 5.41) is 9.67. The molecule has 3 heteroatoms. The van der Waals surface area contributed by atoms with Crippen LogP contribution in [-0.4, -0.2) is 16.1 Å². The third-order valence-electron chi connectivity index (χ3n) is 5.87. The number of benzene rings is 1. The molecule has 26 heavy (non-hydrogen) atoms. The zero-order chi connectivity index (χ0) is 19.3. The van der Waals surface area contributed by atoms with Gasteiger partial charge in [0.25, 0.3) is 0 Å². The summed E-state index contributed by atoms with van der Waals surface area (Å²) in [6.07, 6.45) is 5.50. The predicted molar refractivity (Wildman–Crippen MR) is 107 cm³/mol. The number of aromatic nitrogens is 1. The van der Waals surface area contributed by atoms with Crippen LogP contribution >= 0.6 is 0 Å². The molecule has 1 aliphatic rings. The van der Waals surface area contributed by atoms with Crippen molar-refractivity contribution in [2.45, 2.75) is 58.3 Å². The summed E-state index contributed by atoms with van der Waals surface area (Å²) in [4.78, 5) is 15.9. The molecular weight excluding hydrogens is 322 g/mol. The second kappa shape index (κ2) is 6.08. The smallest absolute Gasteiger partial charge is 0.355 e. The van der Waals surface area contributed by atoms with E-state index in [0.717, 1.165) is 29.5 Å². The number of rotatable bonds is 3. The minimum Gasteiger partial charge on any atom is -0.476 e. The van der Waals surface area contributed by atoms with E-state index in [1.165, 1.54) is 17.3 Å². The number of aryl methyl sites for hydroxylation is 1. The highest BCUT2D eigenvalue weighted by Gasteiger charge is 2.37. The van der Waals surface area contributed by atoms with Gasteiger partial charge in [0.2, 0.25) is 0 Å². The lowest BCUT2D eigenvalue weighted by molar-refractivity contribution is 0.0691. The molecule has 1 aromatic heterocycles. The van der Waals surface area contributed by atoms with Gasteiger partial charge in [-0.15, -0.1) is 0 Å². The van der Waals surface area contributed by atoms with Crippen LogP contribution in [-0.2, 0) is 10.8 Å². The third kappa shape index (κ3) is 2.86. The molecule has 2 aromatic rings. The van der Waals surface area contributed by atoms with E-state index in [-0.39, 0.29) is 16.5 Å². The molecule has 1 aromatic carbocycles. The lowest BCUT2D eigenvalue weighted by Gasteiger charge is -2.42. The number of carboxylic acid groups (broad SMARTS) is 1. The molecule has 0 bridgehead atoms. The van der Waals surface area contributed by atoms with Crippen LogP contribution in [0.15, 0.2) is 31.0 Å². The molecule has 136 valence electrons. The maximum atomic E-state index is 11.8. The average Bonchev–Trinajstić information content (AvgIpc) is 2.58. The van der Waals surface area contributed by atoms with Crippen LogP contribution in [0.25, 0.3) is 17.2 Å². The van der Waals surface area contributed by atoms with Gasteiger partial charge in [-0.25, -0.2) is 9.78 Å². The highest BCUT2D eigenvalue weighted by atomic mass is 16.4. The number of carbonyl (C=O) groups is 1. The van der Waals surface area contributed by atoms with Gasteiger partial charge in [0.05, 0.1) is 0 Å². The Labute approximate surface area is 155 Å². The number of fused-ring (bicyclic) bond motifs is 1. The first-order chi connectivity index (χ1) is 12.1. The van der Waals surface area contributed by atoms with Gasteiger partial charge in [0.1, 0.15) is 0 Å². The normalized spacial score (nSPS) is 17.4. The minimum atomic E-state index is -1.01. The first-order valence-electron chi connectivity index (χ1n) is 9.09. The Morgan fingerprint density at radius 2 is 1.73 bits per heavy atom. The lowest BCUT2D eigenvalue weighted by Crippen LogP contribution is -2.34. The molecule has 0 atom stereocenters. The number of pyridine rings is 1. The molecule has 0 unspecified atom stereocenters. The molecule has 0 aliphatic heterocycles. The quantitative estimate of drug-likeness (QED) is 0.768. The number of aromatic carboxylic acids is 1. The van der Waals surface area contributed by atoms with E-state index in [4.69, 9.17) is 0 Å². The summed E-state index contributed by atoms with van der Waals surface area (Å²) in [6, 6.07) is 6.27. The van der Waals surface area contributed by atoms with Crippen molar-refractivity contribution in [1.82, 2.24) is 4.98 Å². The van der Waals surface area contributed by atoms with Crippen molar-refractivity contribution in [3.8, 4) is 11.1 Å². The fourth-order valence-corrected chi connectivity index (χ4v) is 4.08. The second-order valence-electron chi connectivity index (χ2n) is 8.61. The van der Waals surface area contributed by atoms with E-state index < -0.39 is 5.97 Å². The molecule has 1 heterocycles. The van der Waals surface area contributed by atoms with Gasteiger partial charge in [-0.3, -0.25) is 0 Å². The summed E-state index contributed by atoms with van der Waals surface area (Å²) < 4.78 is 0. The first-order valence-corrected chi connectivity index (χ1v) is 9.09. The molecule has 1 N–H and O–H groups in total. The van der Waals surface area contributed by atoms with Crippen LogP contribution in [0.4, 0.5) is 0 Å². The van der Waals surface area contributed by atoms with E-state index in [9.17, 15) is 9.90 Å². The van der Waals surface area contributed by atoms with Crippen molar-refractivity contribution >= 4 is 12.0 Å². The van der Waals surface area contributed by atoms with E-state index in [1.807, 2.05) is 6.07 Å². The number of hydrogen-bond acceptors (Lipinski definition) is 2. The molecule has 3 rings (SSSR count). The van der Waals surface area contributed by atoms with Crippen molar-refractivity contribution in [3.63, 3.8) is 0 Å². The van der Waals surface area contributed by atoms with Gasteiger partial charge in [0, 0.05) is 11.8 Å². The molecular formula is C23H27NO2. The number of carboxylic acids is 1. The Hall–Kier alpha value is -2.42. The zero-order valence-corrected chi connectivity index (χ0v) is 16.3. The van der Waals surface area contributed by atoms with Crippen LogP contribution in [0.3, 0.4) is 0 Å². The third-order valence-corrected chi connectivity index (χ3v) is 5.87. The van der Waals surface area contributed by atoms with Gasteiger partial charge in [0.15, 0.2) is 5.69 Å². The SMILES string of the molecule is C=Cc1ccnc(C(=O)O)c1-c1cc2c(cc1C)C(C)(C)CCC2(C)C. The van der Waals surface area contributed by atoms with Crippen LogP contribution in [0.5, 0.6) is 0 Å². The molecule has 0 fully saturated rings. The second-order valence-corrected chi connectivity index (χ2v) is 8.61. The number of hydrogen-bond donors (Lipinski definition) is 1. The van der Waals surface area contributed by atoms with E-state index in [0.29, 0.717) is 5.56 Å². The summed E-state index contributed by atoms with van der Waals surface area (Å²) in [6.45, 7) is 15.1. The first kappa shape index (κ1) is 18.4. The van der Waals surface area contributed by atoms with Gasteiger partial charge in [-0.05, 0) is 70.5 Å². The van der Waals surface area contributed by atoms with Crippen LogP contribution in [0.2, 0.25) is 0 Å². The highest BCUT2D eigenvalue weighted by Crippen LogP contribution is 2.48. The Morgan fingerprint density at radius 1 is 1.15 bits per heavy atom. The van der Waals surface area contributed by atoms with Crippen LogP contribution < -0.4 is 0 Å². The maximum Gasteiger partial charge on any atom is 0.355 e. The molecule has 0 radical (unpaired) electrons. The van der Waals surface area contributed by atoms with Gasteiger partial charge < -0.3 is 5.11 Å². The largest absolute Gasteiger partial charge is 0.476 e. The lowest BCUT2D eigenvalue weighted by atomic mass is 9.62. The Kier molecular flexibility index (Phi) is 4.30. The Balaban J connectivity index is 2.37. The monoisotopic (exact) mass is 349 g/mol. The predicted octanol–water partition coefficient (Wildman–Crippen LogP) is 5.75. The Bertz CT molecular complexity index is 907. The van der Waals surface area contributed by atoms with Crippen molar-refractivity contribution in [2.75, 3.05) is 0 Å². The topological polar surface area (TPSA) is 50.2 Å². The maximum absolute atomic E-state index is 11.8. The van der Waals surface area contributed by atoms with E-state index in [1.54, 1.807) is 6.08 Å². The van der Waals surface area contributed by atoms with Crippen molar-refractivity contribution in [1.29, 1.82) is 0 Å². The summed E-state index contributed by atoms with van der Waals surface area (Å²) in [5.74, 6) is -1.01. The van der Waals surface area contributed by atoms with Gasteiger partial charge in [-0.2, -0.15) is 0 Å². The van der Waals surface area contributed by atoms with Gasteiger partial charge in [-0.1, -0.05) is 46.4 Å². The zero-order valence-electron chi connectivity index (χ0n) is 16.3. The van der Waals surface area contributed by atoms with Crippen LogP contribution in [0, 0.1) is 6.92 Å². The molecule has 3 nitrogen and oxygen atoms in total. The van der Waals surface area contributed by atoms with E-state index >= 15 is 0 Å². The van der Waals surface area contributed by atoms with Gasteiger partial charge >= 0.3 is 5.97 Å². The summed E-state index contributed by atoms with van der Waals surface area (Å²) in [5.41, 5.74) is 6.43. The van der Waals surface area contributed by atoms with Crippen LogP contribution in [0.1, 0.15) is 73.3 Å². The van der Waals surface area contributed by atoms with Crippen molar-refractivity contribution in [2.24, 2.45) is 0 Å². The molecule has 0 amide bonds. The van der Waals surface area contributed by atoms with Crippen molar-refractivity contribution in [3.05, 3.63) is 58.9 Å². The standard InChI is InChI=1S/C23H27NO2/c1-7-15-8-11-24-20(21(25)26)19(15)16-13-18-17(12-14(16)2)22(3,4)9-10-23(18,5)6/h7-8,11-13H,1,9-10H2,2-6H3,(H,25,26). The summed E-state index contributed by atoms with van der Waals surface area (Å²) in [7, 11) is 0. The Morgan fingerprint density at radius 3 is 2.27 bits per heavy atom. The molecule has 0 saturated carbocycles. The summed E-state index contributed by atoms with van der Waals surface area (Å²) >= 11 is 0. The fourth-order valence-electron chi connectivity index (χ4n) is 4.08. The van der Waals surface area contributed by atoms with E-state index in [2.05, 4.69) is 58.3 Å². The van der Waals surface area contributed by atoms with Crippen molar-refractivity contribution < 1.29 is 9.90 Å². The minimum absolute atomic E-state index is 0.0627. The highest BCUT2D eigenvalue weighted by molar-refractivity contribution is 5.97. The molecule has 0 saturated heterocycles. The molecule has 1 aliphatic carbocycles. The number of nitrogens with zero attached hydrogens (tertiary/aromatic N) is 1. The average molecular weight is 349 g/mol.